The molecule has 1 aliphatic carbocycles. The first kappa shape index (κ1) is 33.2. The number of aromatic hydroxyl groups is 1. The average Bonchev–Trinajstić information content (AvgIpc) is 2.96. The summed E-state index contributed by atoms with van der Waals surface area (Å²) >= 11 is 0. The Labute approximate surface area is 239 Å². The second-order valence-electron chi connectivity index (χ2n) is 10.5. The van der Waals surface area contributed by atoms with Crippen LogP contribution in [-0.4, -0.2) is 65.9 Å². The Kier molecular flexibility index (Phi) is 15.9. The lowest BCUT2D eigenvalue weighted by Gasteiger charge is -2.32. The van der Waals surface area contributed by atoms with Gasteiger partial charge in [0.05, 0.1) is 13.2 Å². The highest BCUT2D eigenvalue weighted by Gasteiger charge is 2.28. The van der Waals surface area contributed by atoms with Gasteiger partial charge in [0.15, 0.2) is 0 Å². The molecule has 1 unspecified atom stereocenters. The van der Waals surface area contributed by atoms with Gasteiger partial charge in [-0.05, 0) is 80.8 Å². The standard InChI is InChI=1S/C25H39NO3.C8H8O3/c27-20-24-14-10-15-25(19-24,22-28)21-26-16-7-1-2-8-17-29-18-9-6-13-23-11-4-3-5-12-23;1-5-2-3-6(8(10)11)7(9)4-5/h3-5,10-12,14-15,26-28H,1-2,6-9,13,16-22H2;2-4,9H,1H3,(H,10,11). The average molecular weight is 554 g/mol. The van der Waals surface area contributed by atoms with E-state index in [-0.39, 0.29) is 29.9 Å². The number of aliphatic hydroxyl groups excluding tert-OH is 2. The topological polar surface area (TPSA) is 119 Å². The van der Waals surface area contributed by atoms with Crippen molar-refractivity contribution in [3.8, 4) is 5.75 Å². The lowest BCUT2D eigenvalue weighted by atomic mass is 9.79. The second kappa shape index (κ2) is 19.2. The number of ether oxygens (including phenoxy) is 1. The van der Waals surface area contributed by atoms with E-state index in [0.29, 0.717) is 0 Å². The summed E-state index contributed by atoms with van der Waals surface area (Å²) in [5.74, 6) is -1.29. The van der Waals surface area contributed by atoms with E-state index in [9.17, 15) is 15.0 Å². The number of carboxylic acids is 1. The molecule has 7 nitrogen and oxygen atoms in total. The largest absolute Gasteiger partial charge is 0.507 e. The molecule has 0 bridgehead atoms. The first-order valence-electron chi connectivity index (χ1n) is 14.3. The van der Waals surface area contributed by atoms with Gasteiger partial charge in [-0.3, -0.25) is 0 Å². The number of hydrogen-bond donors (Lipinski definition) is 5. The predicted molar refractivity (Wildman–Crippen MR) is 160 cm³/mol. The normalized spacial score (nSPS) is 16.2. The third-order valence-electron chi connectivity index (χ3n) is 6.98. The van der Waals surface area contributed by atoms with Gasteiger partial charge in [0.1, 0.15) is 11.3 Å². The summed E-state index contributed by atoms with van der Waals surface area (Å²) in [6.07, 6.45) is 14.8. The van der Waals surface area contributed by atoms with Crippen molar-refractivity contribution < 1.29 is 30.0 Å². The summed E-state index contributed by atoms with van der Waals surface area (Å²) in [4.78, 5) is 10.4. The number of carboxylic acid groups (broad SMARTS) is 1. The van der Waals surface area contributed by atoms with E-state index in [1.165, 1.54) is 37.0 Å². The maximum Gasteiger partial charge on any atom is 0.339 e. The summed E-state index contributed by atoms with van der Waals surface area (Å²) < 4.78 is 5.75. The van der Waals surface area contributed by atoms with Crippen LogP contribution in [0.2, 0.25) is 0 Å². The van der Waals surface area contributed by atoms with E-state index in [1.807, 2.05) is 12.2 Å². The van der Waals surface area contributed by atoms with Gasteiger partial charge >= 0.3 is 5.97 Å². The molecule has 0 amide bonds. The van der Waals surface area contributed by atoms with Crippen molar-refractivity contribution in [2.45, 2.75) is 58.3 Å². The highest BCUT2D eigenvalue weighted by Crippen LogP contribution is 2.30. The van der Waals surface area contributed by atoms with E-state index in [2.05, 4.69) is 41.7 Å². The van der Waals surface area contributed by atoms with E-state index in [4.69, 9.17) is 14.9 Å². The monoisotopic (exact) mass is 553 g/mol. The molecule has 0 heterocycles. The number of phenols is 1. The number of rotatable bonds is 17. The highest BCUT2D eigenvalue weighted by molar-refractivity contribution is 5.90. The maximum atomic E-state index is 10.4. The molecule has 0 saturated carbocycles. The zero-order valence-electron chi connectivity index (χ0n) is 23.9. The van der Waals surface area contributed by atoms with Crippen LogP contribution in [0.25, 0.3) is 0 Å². The lowest BCUT2D eigenvalue weighted by Crippen LogP contribution is -2.37. The Hall–Kier alpha value is -2.97. The quantitative estimate of drug-likeness (QED) is 0.166. The molecule has 0 spiro atoms. The molecule has 5 N–H and O–H groups in total. The van der Waals surface area contributed by atoms with Gasteiger partial charge in [-0.25, -0.2) is 4.79 Å². The zero-order chi connectivity index (χ0) is 29.1. The van der Waals surface area contributed by atoms with Crippen LogP contribution in [0.15, 0.2) is 72.3 Å². The van der Waals surface area contributed by atoms with Crippen LogP contribution in [0.1, 0.15) is 66.4 Å². The van der Waals surface area contributed by atoms with Crippen molar-refractivity contribution in [2.24, 2.45) is 5.41 Å². The molecular weight excluding hydrogens is 506 g/mol. The van der Waals surface area contributed by atoms with Gasteiger partial charge in [-0.15, -0.1) is 0 Å². The lowest BCUT2D eigenvalue weighted by molar-refractivity contribution is 0.0693. The van der Waals surface area contributed by atoms with Crippen LogP contribution in [0.3, 0.4) is 0 Å². The van der Waals surface area contributed by atoms with E-state index in [0.717, 1.165) is 69.5 Å². The van der Waals surface area contributed by atoms with Gasteiger partial charge in [0, 0.05) is 25.2 Å². The number of benzene rings is 2. The summed E-state index contributed by atoms with van der Waals surface area (Å²) in [6, 6.07) is 15.1. The SMILES string of the molecule is Cc1ccc(C(=O)O)c(O)c1.OCC1=CC=CC(CO)(CNCCCCCCOCCCCc2ccccc2)C1. The molecule has 40 heavy (non-hydrogen) atoms. The van der Waals surface area contributed by atoms with Crippen molar-refractivity contribution in [1.29, 1.82) is 0 Å². The molecular formula is C33H47NO6. The number of aryl methyl sites for hydroxylation is 2. The molecule has 220 valence electrons. The Bertz CT molecular complexity index is 1050. The van der Waals surface area contributed by atoms with Crippen molar-refractivity contribution in [2.75, 3.05) is 39.5 Å². The molecule has 0 fully saturated rings. The predicted octanol–water partition coefficient (Wildman–Crippen LogP) is 5.43. The van der Waals surface area contributed by atoms with Crippen LogP contribution in [0.4, 0.5) is 0 Å². The van der Waals surface area contributed by atoms with Crippen LogP contribution in [0.5, 0.6) is 5.75 Å². The van der Waals surface area contributed by atoms with Crippen LogP contribution >= 0.6 is 0 Å². The van der Waals surface area contributed by atoms with Gasteiger partial charge in [0.25, 0.3) is 0 Å². The first-order valence-corrected chi connectivity index (χ1v) is 14.3. The fourth-order valence-electron chi connectivity index (χ4n) is 4.60. The van der Waals surface area contributed by atoms with E-state index >= 15 is 0 Å². The number of aliphatic hydroxyl groups is 2. The molecule has 0 aliphatic heterocycles. The number of aromatic carboxylic acids is 1. The van der Waals surface area contributed by atoms with Gasteiger partial charge < -0.3 is 30.5 Å². The third kappa shape index (κ3) is 12.9. The fraction of sp³-hybridized carbons (Fsp3) is 0.485. The van der Waals surface area contributed by atoms with Crippen LogP contribution < -0.4 is 5.32 Å². The first-order chi connectivity index (χ1) is 19.4. The molecule has 0 radical (unpaired) electrons. The van der Waals surface area contributed by atoms with Crippen molar-refractivity contribution in [1.82, 2.24) is 5.32 Å². The van der Waals surface area contributed by atoms with Gasteiger partial charge in [-0.1, -0.05) is 67.5 Å². The molecule has 2 aromatic carbocycles. The van der Waals surface area contributed by atoms with Crippen molar-refractivity contribution >= 4 is 5.97 Å². The smallest absolute Gasteiger partial charge is 0.339 e. The summed E-state index contributed by atoms with van der Waals surface area (Å²) in [7, 11) is 0. The maximum absolute atomic E-state index is 10.4. The van der Waals surface area contributed by atoms with Crippen molar-refractivity contribution in [3.63, 3.8) is 0 Å². The fourth-order valence-corrected chi connectivity index (χ4v) is 4.60. The molecule has 2 aromatic rings. The van der Waals surface area contributed by atoms with Gasteiger partial charge in [-0.2, -0.15) is 0 Å². The number of unbranched alkanes of at least 4 members (excludes halogenated alkanes) is 4. The van der Waals surface area contributed by atoms with E-state index in [1.54, 1.807) is 13.0 Å². The number of carbonyl (C=O) groups is 1. The molecule has 1 aliphatic rings. The minimum atomic E-state index is -1.11. The Balaban J connectivity index is 0.000000425. The number of hydrogen-bond acceptors (Lipinski definition) is 6. The highest BCUT2D eigenvalue weighted by atomic mass is 16.5. The number of nitrogens with one attached hydrogen (secondary N) is 1. The Morgan fingerprint density at radius 2 is 1.70 bits per heavy atom. The Morgan fingerprint density at radius 3 is 2.38 bits per heavy atom. The Morgan fingerprint density at radius 1 is 0.975 bits per heavy atom. The summed E-state index contributed by atoms with van der Waals surface area (Å²) in [5.41, 5.74) is 2.92. The molecule has 0 aromatic heterocycles. The summed E-state index contributed by atoms with van der Waals surface area (Å²) in [5, 5.41) is 40.2. The zero-order valence-corrected chi connectivity index (χ0v) is 23.9. The molecule has 1 atom stereocenters. The molecule has 3 rings (SSSR count). The number of allylic oxidation sites excluding steroid dienone is 2. The van der Waals surface area contributed by atoms with Crippen LogP contribution in [-0.2, 0) is 11.2 Å². The van der Waals surface area contributed by atoms with E-state index < -0.39 is 5.97 Å². The second-order valence-corrected chi connectivity index (χ2v) is 10.5. The minimum absolute atomic E-state index is 0.0596. The van der Waals surface area contributed by atoms with Crippen molar-refractivity contribution in [3.05, 3.63) is 89.0 Å². The molecule has 0 saturated heterocycles. The van der Waals surface area contributed by atoms with Crippen LogP contribution in [0, 0.1) is 12.3 Å². The third-order valence-corrected chi connectivity index (χ3v) is 6.98. The summed E-state index contributed by atoms with van der Waals surface area (Å²) in [6.45, 7) is 5.42. The minimum Gasteiger partial charge on any atom is -0.507 e. The molecule has 7 heteroatoms. The van der Waals surface area contributed by atoms with Gasteiger partial charge in [0.2, 0.25) is 0 Å².